The number of fused-ring (bicyclic) bond motifs is 10. The Morgan fingerprint density at radius 3 is 2.12 bits per heavy atom. The van der Waals surface area contributed by atoms with E-state index in [1.807, 2.05) is 23.5 Å². The zero-order valence-corrected chi connectivity index (χ0v) is 22.2. The van der Waals surface area contributed by atoms with E-state index in [-0.39, 0.29) is 0 Å². The maximum Gasteiger partial charge on any atom is 0.135 e. The number of benzene rings is 6. The van der Waals surface area contributed by atoms with Crippen LogP contribution < -0.4 is 0 Å². The number of rotatable bonds is 2. The molecule has 9 rings (SSSR count). The lowest BCUT2D eigenvalue weighted by Gasteiger charge is -2.14. The lowest BCUT2D eigenvalue weighted by atomic mass is 9.92. The summed E-state index contributed by atoms with van der Waals surface area (Å²) >= 11 is 1.88. The third-order valence-corrected chi connectivity index (χ3v) is 9.25. The van der Waals surface area contributed by atoms with Crippen molar-refractivity contribution in [2.45, 2.75) is 0 Å². The van der Waals surface area contributed by atoms with Crippen LogP contribution in [0.2, 0.25) is 0 Å². The molecule has 0 saturated carbocycles. The van der Waals surface area contributed by atoms with Gasteiger partial charge in [0.1, 0.15) is 11.2 Å². The Kier molecular flexibility index (Phi) is 4.52. The van der Waals surface area contributed by atoms with E-state index in [0.717, 1.165) is 38.7 Å². The minimum Gasteiger partial charge on any atom is -0.456 e. The van der Waals surface area contributed by atoms with Crippen molar-refractivity contribution in [2.24, 2.45) is 0 Å². The maximum atomic E-state index is 6.17. The number of thiophene rings is 1. The van der Waals surface area contributed by atoms with Crippen LogP contribution in [0.5, 0.6) is 0 Å². The Balaban J connectivity index is 1.50. The fraction of sp³-hybridized carbons (Fsp3) is 0. The molecule has 0 aliphatic rings. The molecule has 0 atom stereocenters. The van der Waals surface area contributed by atoms with Crippen LogP contribution in [0.1, 0.15) is 0 Å². The monoisotopic (exact) mass is 527 g/mol. The van der Waals surface area contributed by atoms with Gasteiger partial charge in [0.15, 0.2) is 0 Å². The molecule has 40 heavy (non-hydrogen) atoms. The van der Waals surface area contributed by atoms with E-state index < -0.39 is 0 Å². The molecule has 0 aliphatic heterocycles. The van der Waals surface area contributed by atoms with Crippen molar-refractivity contribution in [3.63, 3.8) is 0 Å². The molecule has 6 aromatic carbocycles. The van der Waals surface area contributed by atoms with Gasteiger partial charge in [0.05, 0.1) is 11.2 Å². The molecule has 0 bridgehead atoms. The molecule has 3 heteroatoms. The van der Waals surface area contributed by atoms with Crippen LogP contribution >= 0.6 is 11.3 Å². The Morgan fingerprint density at radius 1 is 0.500 bits per heavy atom. The van der Waals surface area contributed by atoms with E-state index in [1.54, 1.807) is 0 Å². The Morgan fingerprint density at radius 2 is 1.23 bits per heavy atom. The Labute approximate surface area is 233 Å². The van der Waals surface area contributed by atoms with Gasteiger partial charge in [0.25, 0.3) is 0 Å². The number of para-hydroxylation sites is 2. The first-order valence-corrected chi connectivity index (χ1v) is 14.3. The molecule has 0 N–H and O–H groups in total. The summed E-state index contributed by atoms with van der Waals surface area (Å²) in [7, 11) is 0. The summed E-state index contributed by atoms with van der Waals surface area (Å²) in [5.74, 6) is 0. The topological polar surface area (TPSA) is 26.0 Å². The van der Waals surface area contributed by atoms with Crippen molar-refractivity contribution in [1.29, 1.82) is 0 Å². The molecule has 0 radical (unpaired) electrons. The molecule has 0 fully saturated rings. The van der Waals surface area contributed by atoms with Crippen molar-refractivity contribution in [1.82, 2.24) is 4.98 Å². The van der Waals surface area contributed by atoms with E-state index in [0.29, 0.717) is 0 Å². The summed E-state index contributed by atoms with van der Waals surface area (Å²) < 4.78 is 8.76. The molecule has 0 amide bonds. The van der Waals surface area contributed by atoms with Gasteiger partial charge in [0.2, 0.25) is 0 Å². The number of hydrogen-bond acceptors (Lipinski definition) is 3. The molecule has 0 saturated heterocycles. The first-order valence-electron chi connectivity index (χ1n) is 13.5. The zero-order valence-electron chi connectivity index (χ0n) is 21.4. The van der Waals surface area contributed by atoms with Crippen molar-refractivity contribution in [2.75, 3.05) is 0 Å². The second-order valence-corrected chi connectivity index (χ2v) is 11.4. The molecule has 0 spiro atoms. The quantitative estimate of drug-likeness (QED) is 0.209. The summed E-state index contributed by atoms with van der Waals surface area (Å²) in [5.41, 5.74) is 7.40. The average molecular weight is 528 g/mol. The first-order chi connectivity index (χ1) is 19.8. The van der Waals surface area contributed by atoms with Crippen molar-refractivity contribution >= 4 is 75.1 Å². The van der Waals surface area contributed by atoms with Gasteiger partial charge in [-0.1, -0.05) is 91.0 Å². The number of furan rings is 1. The number of hydrogen-bond donors (Lipinski definition) is 0. The van der Waals surface area contributed by atoms with E-state index in [9.17, 15) is 0 Å². The van der Waals surface area contributed by atoms with Crippen LogP contribution in [0.25, 0.3) is 86.2 Å². The van der Waals surface area contributed by atoms with Crippen LogP contribution in [0.15, 0.2) is 132 Å². The molecular weight excluding hydrogens is 506 g/mol. The highest BCUT2D eigenvalue weighted by molar-refractivity contribution is 7.26. The van der Waals surface area contributed by atoms with Crippen molar-refractivity contribution < 1.29 is 4.42 Å². The lowest BCUT2D eigenvalue weighted by Crippen LogP contribution is -1.91. The van der Waals surface area contributed by atoms with Gasteiger partial charge in [-0.25, -0.2) is 4.98 Å². The Hall–Kier alpha value is -4.99. The van der Waals surface area contributed by atoms with E-state index >= 15 is 0 Å². The van der Waals surface area contributed by atoms with Gasteiger partial charge in [-0.05, 0) is 42.0 Å². The molecule has 0 unspecified atom stereocenters. The fourth-order valence-electron chi connectivity index (χ4n) is 6.25. The second-order valence-electron chi connectivity index (χ2n) is 10.3. The predicted molar refractivity (Wildman–Crippen MR) is 170 cm³/mol. The normalized spacial score (nSPS) is 12.0. The molecular formula is C37H21NOS. The first kappa shape index (κ1) is 21.9. The van der Waals surface area contributed by atoms with Gasteiger partial charge in [0, 0.05) is 58.2 Å². The highest BCUT2D eigenvalue weighted by atomic mass is 32.1. The number of nitrogens with zero attached hydrogens (tertiary/aromatic N) is 1. The van der Waals surface area contributed by atoms with Crippen LogP contribution in [-0.2, 0) is 0 Å². The maximum absolute atomic E-state index is 6.17. The van der Waals surface area contributed by atoms with Gasteiger partial charge in [-0.15, -0.1) is 11.3 Å². The third kappa shape index (κ3) is 3.07. The smallest absolute Gasteiger partial charge is 0.135 e. The number of pyridine rings is 1. The average Bonchev–Trinajstić information content (AvgIpc) is 3.59. The van der Waals surface area contributed by atoms with Crippen LogP contribution in [0.3, 0.4) is 0 Å². The SMILES string of the molecule is c1ccc(-c2nc3ccccc3c3c2cc(-c2ccc4oc5ccccc5c4c2)c2sc4ccccc4c23)cc1. The fourth-order valence-corrected chi connectivity index (χ4v) is 7.50. The molecule has 3 heterocycles. The van der Waals surface area contributed by atoms with Crippen molar-refractivity contribution in [3.8, 4) is 22.4 Å². The molecule has 0 aliphatic carbocycles. The zero-order chi connectivity index (χ0) is 26.2. The summed E-state index contributed by atoms with van der Waals surface area (Å²) in [5, 5.41) is 8.52. The second kappa shape index (κ2) is 8.25. The molecule has 9 aromatic rings. The highest BCUT2D eigenvalue weighted by Crippen LogP contribution is 2.48. The van der Waals surface area contributed by atoms with E-state index in [1.165, 1.54) is 47.5 Å². The number of aromatic nitrogens is 1. The van der Waals surface area contributed by atoms with E-state index in [2.05, 4.69) is 115 Å². The van der Waals surface area contributed by atoms with Crippen LogP contribution in [0, 0.1) is 0 Å². The highest BCUT2D eigenvalue weighted by Gasteiger charge is 2.20. The molecule has 3 aromatic heterocycles. The van der Waals surface area contributed by atoms with Crippen LogP contribution in [0.4, 0.5) is 0 Å². The lowest BCUT2D eigenvalue weighted by molar-refractivity contribution is 0.669. The molecule has 186 valence electrons. The summed E-state index contributed by atoms with van der Waals surface area (Å²) in [6.07, 6.45) is 0. The predicted octanol–water partition coefficient (Wildman–Crippen LogP) is 11.0. The van der Waals surface area contributed by atoms with E-state index in [4.69, 9.17) is 9.40 Å². The minimum atomic E-state index is 0.913. The molecule has 2 nitrogen and oxygen atoms in total. The largest absolute Gasteiger partial charge is 0.456 e. The van der Waals surface area contributed by atoms with Gasteiger partial charge >= 0.3 is 0 Å². The summed E-state index contributed by atoms with van der Waals surface area (Å²) in [4.78, 5) is 5.25. The third-order valence-electron chi connectivity index (χ3n) is 8.04. The van der Waals surface area contributed by atoms with Crippen molar-refractivity contribution in [3.05, 3.63) is 127 Å². The van der Waals surface area contributed by atoms with Gasteiger partial charge in [-0.2, -0.15) is 0 Å². The minimum absolute atomic E-state index is 0.913. The standard InChI is InChI=1S/C37H21NOS/c1-2-10-22(11-3-1)36-29-21-27(23-18-19-32-28(20-23)24-12-5-8-16-31(24)39-32)37-35(26-14-6-9-17-33(26)40-37)34(29)25-13-4-7-15-30(25)38-36/h1-21H. The van der Waals surface area contributed by atoms with Crippen LogP contribution in [-0.4, -0.2) is 4.98 Å². The Bertz CT molecular complexity index is 2430. The summed E-state index contributed by atoms with van der Waals surface area (Å²) in [6.45, 7) is 0. The van der Waals surface area contributed by atoms with Gasteiger partial charge in [-0.3, -0.25) is 0 Å². The summed E-state index contributed by atoms with van der Waals surface area (Å²) in [6, 6.07) is 45.2. The van der Waals surface area contributed by atoms with Gasteiger partial charge < -0.3 is 4.42 Å².